The molecule has 0 fully saturated rings. The number of hydrogen-bond acceptors (Lipinski definition) is 2. The van der Waals surface area contributed by atoms with Crippen molar-refractivity contribution in [2.24, 2.45) is 0 Å². The molecule has 0 amide bonds. The fraction of sp³-hybridized carbons (Fsp3) is 0.125. The van der Waals surface area contributed by atoms with Crippen LogP contribution in [0.25, 0.3) is 6.08 Å². The topological polar surface area (TPSA) is 33.1 Å². The molecule has 2 nitrogen and oxygen atoms in total. The van der Waals surface area contributed by atoms with E-state index in [1.165, 1.54) is 0 Å². The van der Waals surface area contributed by atoms with Gasteiger partial charge >= 0.3 is 0 Å². The lowest BCUT2D eigenvalue weighted by Crippen LogP contribution is -1.80. The van der Waals surface area contributed by atoms with Gasteiger partial charge in [-0.2, -0.15) is 0 Å². The number of nitrogens with zero attached hydrogens (tertiary/aromatic N) is 1. The minimum absolute atomic E-state index is 0.192. The summed E-state index contributed by atoms with van der Waals surface area (Å²) in [7, 11) is 0. The average molecular weight is 214 g/mol. The molecular weight excluding hydrogens is 206 g/mol. The molecule has 0 unspecified atom stereocenters. The third-order valence-corrected chi connectivity index (χ3v) is 1.62. The molecule has 0 aliphatic rings. The molecule has 1 aromatic heterocycles. The summed E-state index contributed by atoms with van der Waals surface area (Å²) in [5, 5.41) is 9.28. The van der Waals surface area contributed by atoms with Crippen molar-refractivity contribution in [1.82, 2.24) is 4.98 Å². The number of allylic oxidation sites excluding steroid dienone is 1. The summed E-state index contributed by atoms with van der Waals surface area (Å²) in [6, 6.07) is 1.61. The molecule has 11 heavy (non-hydrogen) atoms. The summed E-state index contributed by atoms with van der Waals surface area (Å²) in [4.78, 5) is 3.98. The van der Waals surface area contributed by atoms with Crippen LogP contribution in [0.15, 0.2) is 22.8 Å². The molecule has 0 atom stereocenters. The summed E-state index contributed by atoms with van der Waals surface area (Å²) >= 11 is 3.20. The van der Waals surface area contributed by atoms with Crippen molar-refractivity contribution < 1.29 is 5.11 Å². The van der Waals surface area contributed by atoms with E-state index in [0.29, 0.717) is 5.69 Å². The second-order valence-corrected chi connectivity index (χ2v) is 2.97. The van der Waals surface area contributed by atoms with Gasteiger partial charge in [-0.1, -0.05) is 6.08 Å². The van der Waals surface area contributed by atoms with Crippen molar-refractivity contribution in [1.29, 1.82) is 0 Å². The van der Waals surface area contributed by atoms with Crippen LogP contribution < -0.4 is 0 Å². The summed E-state index contributed by atoms with van der Waals surface area (Å²) in [5.74, 6) is 0.192. The van der Waals surface area contributed by atoms with Crippen molar-refractivity contribution in [2.45, 2.75) is 6.92 Å². The Kier molecular flexibility index (Phi) is 2.65. The molecule has 0 aliphatic carbocycles. The van der Waals surface area contributed by atoms with Gasteiger partial charge in [0.15, 0.2) is 0 Å². The summed E-state index contributed by atoms with van der Waals surface area (Å²) in [5.41, 5.74) is 0.593. The minimum Gasteiger partial charge on any atom is -0.506 e. The smallest absolute Gasteiger partial charge is 0.142 e. The zero-order valence-electron chi connectivity index (χ0n) is 6.08. The molecule has 0 aliphatic heterocycles. The molecule has 1 N–H and O–H groups in total. The summed E-state index contributed by atoms with van der Waals surface area (Å²) in [6.45, 7) is 1.88. The molecule has 0 aromatic carbocycles. The van der Waals surface area contributed by atoms with Gasteiger partial charge in [0.05, 0.1) is 0 Å². The highest BCUT2D eigenvalue weighted by Crippen LogP contribution is 2.20. The van der Waals surface area contributed by atoms with Crippen LogP contribution in [0.1, 0.15) is 12.6 Å². The molecule has 58 valence electrons. The standard InChI is InChI=1S/C8H8BrNO/c1-2-3-7-8(11)4-6(9)5-10-7/h2-5,11H,1H3/b3-2-. The molecule has 1 heterocycles. The molecule has 1 rings (SSSR count). The van der Waals surface area contributed by atoms with Crippen LogP contribution in [-0.4, -0.2) is 10.1 Å². The van der Waals surface area contributed by atoms with Gasteiger partial charge in [-0.25, -0.2) is 0 Å². The van der Waals surface area contributed by atoms with Gasteiger partial charge in [0.25, 0.3) is 0 Å². The number of pyridine rings is 1. The third-order valence-electron chi connectivity index (χ3n) is 1.19. The van der Waals surface area contributed by atoms with E-state index < -0.39 is 0 Å². The number of hydrogen-bond donors (Lipinski definition) is 1. The van der Waals surface area contributed by atoms with Gasteiger partial charge in [0.2, 0.25) is 0 Å². The maximum absolute atomic E-state index is 9.28. The first kappa shape index (κ1) is 8.27. The Morgan fingerprint density at radius 2 is 2.36 bits per heavy atom. The van der Waals surface area contributed by atoms with E-state index in [-0.39, 0.29) is 5.75 Å². The molecule has 0 saturated carbocycles. The zero-order valence-corrected chi connectivity index (χ0v) is 7.67. The van der Waals surface area contributed by atoms with Gasteiger partial charge in [-0.3, -0.25) is 4.98 Å². The minimum atomic E-state index is 0.192. The molecule has 0 saturated heterocycles. The van der Waals surface area contributed by atoms with Crippen molar-refractivity contribution in [3.8, 4) is 5.75 Å². The predicted molar refractivity (Wildman–Crippen MR) is 48.3 cm³/mol. The van der Waals surface area contributed by atoms with Gasteiger partial charge in [-0.15, -0.1) is 0 Å². The quantitative estimate of drug-likeness (QED) is 0.779. The highest BCUT2D eigenvalue weighted by Gasteiger charge is 1.97. The van der Waals surface area contributed by atoms with E-state index >= 15 is 0 Å². The number of aromatic hydroxyl groups is 1. The lowest BCUT2D eigenvalue weighted by Gasteiger charge is -1.96. The Hall–Kier alpha value is -0.830. The number of halogens is 1. The Balaban J connectivity index is 3.09. The SMILES string of the molecule is C/C=C\c1ncc(Br)cc1O. The zero-order chi connectivity index (χ0) is 8.27. The molecular formula is C8H8BrNO. The fourth-order valence-electron chi connectivity index (χ4n) is 0.725. The maximum atomic E-state index is 9.28. The van der Waals surface area contributed by atoms with Crippen LogP contribution in [0.2, 0.25) is 0 Å². The van der Waals surface area contributed by atoms with Crippen molar-refractivity contribution in [3.05, 3.63) is 28.5 Å². The maximum Gasteiger partial charge on any atom is 0.142 e. The Labute approximate surface area is 73.7 Å². The van der Waals surface area contributed by atoms with E-state index in [1.807, 2.05) is 13.0 Å². The van der Waals surface area contributed by atoms with Crippen LogP contribution >= 0.6 is 15.9 Å². The Morgan fingerprint density at radius 1 is 1.64 bits per heavy atom. The number of rotatable bonds is 1. The first-order valence-corrected chi connectivity index (χ1v) is 4.00. The monoisotopic (exact) mass is 213 g/mol. The van der Waals surface area contributed by atoms with Crippen LogP contribution in [-0.2, 0) is 0 Å². The molecule has 0 radical (unpaired) electrons. The van der Waals surface area contributed by atoms with E-state index in [4.69, 9.17) is 0 Å². The van der Waals surface area contributed by atoms with Gasteiger partial charge in [-0.05, 0) is 35.0 Å². The van der Waals surface area contributed by atoms with Crippen LogP contribution in [0, 0.1) is 0 Å². The molecule has 1 aromatic rings. The highest BCUT2D eigenvalue weighted by atomic mass is 79.9. The highest BCUT2D eigenvalue weighted by molar-refractivity contribution is 9.10. The average Bonchev–Trinajstić information content (AvgIpc) is 1.95. The van der Waals surface area contributed by atoms with Gasteiger partial charge in [0.1, 0.15) is 11.4 Å². The largest absolute Gasteiger partial charge is 0.506 e. The Morgan fingerprint density at radius 3 is 2.91 bits per heavy atom. The summed E-state index contributed by atoms with van der Waals surface area (Å²) in [6.07, 6.45) is 5.23. The van der Waals surface area contributed by atoms with Gasteiger partial charge in [0, 0.05) is 10.7 Å². The first-order valence-electron chi connectivity index (χ1n) is 3.21. The number of aromatic nitrogens is 1. The van der Waals surface area contributed by atoms with Crippen molar-refractivity contribution in [3.63, 3.8) is 0 Å². The first-order chi connectivity index (χ1) is 5.24. The molecule has 0 spiro atoms. The van der Waals surface area contributed by atoms with Crippen LogP contribution in [0.5, 0.6) is 5.75 Å². The summed E-state index contributed by atoms with van der Waals surface area (Å²) < 4.78 is 0.781. The fourth-order valence-corrected chi connectivity index (χ4v) is 1.04. The van der Waals surface area contributed by atoms with Crippen LogP contribution in [0.3, 0.4) is 0 Å². The molecule has 0 bridgehead atoms. The second-order valence-electron chi connectivity index (χ2n) is 2.06. The van der Waals surface area contributed by atoms with E-state index in [2.05, 4.69) is 20.9 Å². The predicted octanol–water partition coefficient (Wildman–Crippen LogP) is 2.58. The Bertz CT molecular complexity index is 283. The molecule has 3 heteroatoms. The second kappa shape index (κ2) is 3.53. The lowest BCUT2D eigenvalue weighted by atomic mass is 10.3. The van der Waals surface area contributed by atoms with E-state index in [0.717, 1.165) is 4.47 Å². The normalized spacial score (nSPS) is 10.7. The van der Waals surface area contributed by atoms with E-state index in [9.17, 15) is 5.11 Å². The van der Waals surface area contributed by atoms with Gasteiger partial charge < -0.3 is 5.11 Å². The van der Waals surface area contributed by atoms with Crippen molar-refractivity contribution in [2.75, 3.05) is 0 Å². The lowest BCUT2D eigenvalue weighted by molar-refractivity contribution is 0.470. The van der Waals surface area contributed by atoms with E-state index in [1.54, 1.807) is 18.3 Å². The third kappa shape index (κ3) is 2.05. The van der Waals surface area contributed by atoms with Crippen LogP contribution in [0.4, 0.5) is 0 Å². The van der Waals surface area contributed by atoms with Crippen molar-refractivity contribution >= 4 is 22.0 Å².